The number of hydrogen-bond acceptors (Lipinski definition) is 4. The molecule has 2 aromatic rings. The van der Waals surface area contributed by atoms with Crippen molar-refractivity contribution in [3.05, 3.63) is 47.6 Å². The van der Waals surface area contributed by atoms with Crippen molar-refractivity contribution >= 4 is 0 Å². The van der Waals surface area contributed by atoms with E-state index in [9.17, 15) is 0 Å². The number of hydrogen-bond donors (Lipinski definition) is 0. The van der Waals surface area contributed by atoms with Crippen LogP contribution >= 0.6 is 0 Å². The third kappa shape index (κ3) is 2.84. The summed E-state index contributed by atoms with van der Waals surface area (Å²) < 4.78 is 11.0. The van der Waals surface area contributed by atoms with Crippen molar-refractivity contribution in [1.82, 2.24) is 10.1 Å². The molecule has 100 valence electrons. The zero-order chi connectivity index (χ0) is 13.1. The predicted octanol–water partition coefficient (Wildman–Crippen LogP) is 2.95. The molecule has 19 heavy (non-hydrogen) atoms. The van der Waals surface area contributed by atoms with Crippen molar-refractivity contribution in [2.24, 2.45) is 5.92 Å². The molecule has 1 aromatic carbocycles. The Labute approximate surface area is 112 Å². The Morgan fingerprint density at radius 3 is 2.79 bits per heavy atom. The van der Waals surface area contributed by atoms with Crippen LogP contribution in [0.4, 0.5) is 0 Å². The maximum atomic E-state index is 5.63. The highest BCUT2D eigenvalue weighted by molar-refractivity contribution is 5.15. The van der Waals surface area contributed by atoms with Gasteiger partial charge < -0.3 is 9.26 Å². The average molecular weight is 258 g/mol. The van der Waals surface area contributed by atoms with Crippen LogP contribution in [-0.4, -0.2) is 16.7 Å². The van der Waals surface area contributed by atoms with Gasteiger partial charge in [-0.25, -0.2) is 0 Å². The molecule has 1 aliphatic heterocycles. The van der Waals surface area contributed by atoms with E-state index in [2.05, 4.69) is 29.2 Å². The summed E-state index contributed by atoms with van der Waals surface area (Å²) in [5.41, 5.74) is 1.29. The summed E-state index contributed by atoms with van der Waals surface area (Å²) >= 11 is 0. The van der Waals surface area contributed by atoms with Crippen LogP contribution in [-0.2, 0) is 17.6 Å². The lowest BCUT2D eigenvalue weighted by atomic mass is 10.0. The minimum Gasteiger partial charge on any atom is -0.368 e. The van der Waals surface area contributed by atoms with Gasteiger partial charge in [0.25, 0.3) is 5.89 Å². The molecule has 0 spiro atoms. The van der Waals surface area contributed by atoms with Crippen LogP contribution in [0, 0.1) is 5.92 Å². The van der Waals surface area contributed by atoms with E-state index in [0.29, 0.717) is 11.8 Å². The second-order valence-corrected chi connectivity index (χ2v) is 5.09. The summed E-state index contributed by atoms with van der Waals surface area (Å²) in [6.45, 7) is 2.94. The van der Waals surface area contributed by atoms with Crippen molar-refractivity contribution in [1.29, 1.82) is 0 Å². The number of rotatable bonds is 4. The van der Waals surface area contributed by atoms with Crippen LogP contribution in [0.15, 0.2) is 34.9 Å². The first-order valence-corrected chi connectivity index (χ1v) is 6.81. The molecule has 0 bridgehead atoms. The van der Waals surface area contributed by atoms with E-state index in [0.717, 1.165) is 31.7 Å². The molecule has 1 saturated heterocycles. The molecule has 4 nitrogen and oxygen atoms in total. The first kappa shape index (κ1) is 12.4. The lowest BCUT2D eigenvalue weighted by Crippen LogP contribution is -2.04. The van der Waals surface area contributed by atoms with Gasteiger partial charge in [0.15, 0.2) is 5.82 Å². The monoisotopic (exact) mass is 258 g/mol. The normalized spacial score (nSPS) is 22.8. The fourth-order valence-corrected chi connectivity index (χ4v) is 2.40. The molecule has 1 fully saturated rings. The second-order valence-electron chi connectivity index (χ2n) is 5.09. The molecule has 0 saturated carbocycles. The third-order valence-corrected chi connectivity index (χ3v) is 3.59. The van der Waals surface area contributed by atoms with Gasteiger partial charge in [-0.2, -0.15) is 4.98 Å². The van der Waals surface area contributed by atoms with E-state index in [1.807, 2.05) is 18.2 Å². The molecular formula is C15H18N2O2. The molecule has 2 heterocycles. The molecule has 4 heteroatoms. The predicted molar refractivity (Wildman–Crippen MR) is 70.6 cm³/mol. The average Bonchev–Trinajstić information content (AvgIpc) is 3.06. The van der Waals surface area contributed by atoms with Crippen LogP contribution in [0.1, 0.15) is 36.7 Å². The summed E-state index contributed by atoms with van der Waals surface area (Å²) in [5.74, 6) is 1.86. The SMILES string of the molecule is C[C@@H]1CCO[C@H]1c1nc(CCc2ccccc2)no1. The third-order valence-electron chi connectivity index (χ3n) is 3.59. The standard InChI is InChI=1S/C15H18N2O2/c1-11-9-10-18-14(11)15-16-13(17-19-15)8-7-12-5-3-2-4-6-12/h2-6,11,14H,7-10H2,1H3/t11-,14-/m1/s1. The minimum atomic E-state index is -0.0158. The fourth-order valence-electron chi connectivity index (χ4n) is 2.40. The van der Waals surface area contributed by atoms with Crippen LogP contribution < -0.4 is 0 Å². The van der Waals surface area contributed by atoms with Crippen LogP contribution in [0.25, 0.3) is 0 Å². The molecule has 0 N–H and O–H groups in total. The summed E-state index contributed by atoms with van der Waals surface area (Å²) in [6.07, 6.45) is 2.78. The van der Waals surface area contributed by atoms with Crippen molar-refractivity contribution in [3.8, 4) is 0 Å². The largest absolute Gasteiger partial charge is 0.368 e. The van der Waals surface area contributed by atoms with Gasteiger partial charge in [0.2, 0.25) is 0 Å². The lowest BCUT2D eigenvalue weighted by molar-refractivity contribution is 0.0661. The van der Waals surface area contributed by atoms with E-state index in [-0.39, 0.29) is 6.10 Å². The number of benzene rings is 1. The second kappa shape index (κ2) is 5.53. The van der Waals surface area contributed by atoms with Crippen LogP contribution in [0.5, 0.6) is 0 Å². The summed E-state index contributed by atoms with van der Waals surface area (Å²) in [7, 11) is 0. The topological polar surface area (TPSA) is 48.2 Å². The Balaban J connectivity index is 1.62. The molecule has 0 aliphatic carbocycles. The molecule has 1 aromatic heterocycles. The Morgan fingerprint density at radius 1 is 1.21 bits per heavy atom. The fraction of sp³-hybridized carbons (Fsp3) is 0.467. The Bertz CT molecular complexity index is 524. The Kier molecular flexibility index (Phi) is 3.60. The molecule has 0 amide bonds. The van der Waals surface area contributed by atoms with Crippen LogP contribution in [0.2, 0.25) is 0 Å². The molecular weight excluding hydrogens is 240 g/mol. The van der Waals surface area contributed by atoms with Gasteiger partial charge in [0, 0.05) is 13.0 Å². The Hall–Kier alpha value is -1.68. The first-order chi connectivity index (χ1) is 9.33. The first-order valence-electron chi connectivity index (χ1n) is 6.81. The maximum absolute atomic E-state index is 5.63. The molecule has 0 unspecified atom stereocenters. The molecule has 2 atom stereocenters. The van der Waals surface area contributed by atoms with E-state index in [1.165, 1.54) is 5.56 Å². The molecule has 0 radical (unpaired) electrons. The van der Waals surface area contributed by atoms with Gasteiger partial charge in [-0.1, -0.05) is 42.4 Å². The zero-order valence-corrected chi connectivity index (χ0v) is 11.1. The van der Waals surface area contributed by atoms with Gasteiger partial charge in [-0.3, -0.25) is 0 Å². The smallest absolute Gasteiger partial charge is 0.256 e. The summed E-state index contributed by atoms with van der Waals surface area (Å²) in [5, 5.41) is 4.04. The van der Waals surface area contributed by atoms with Crippen LogP contribution in [0.3, 0.4) is 0 Å². The van der Waals surface area contributed by atoms with Crippen molar-refractivity contribution < 1.29 is 9.26 Å². The van der Waals surface area contributed by atoms with Gasteiger partial charge in [0.1, 0.15) is 6.10 Å². The summed E-state index contributed by atoms with van der Waals surface area (Å²) in [6, 6.07) is 10.3. The lowest BCUT2D eigenvalue weighted by Gasteiger charge is -2.07. The van der Waals surface area contributed by atoms with E-state index in [4.69, 9.17) is 9.26 Å². The van der Waals surface area contributed by atoms with Gasteiger partial charge in [-0.05, 0) is 24.3 Å². The number of ether oxygens (including phenoxy) is 1. The Morgan fingerprint density at radius 2 is 2.05 bits per heavy atom. The molecule has 3 rings (SSSR count). The maximum Gasteiger partial charge on any atom is 0.256 e. The van der Waals surface area contributed by atoms with Crippen molar-refractivity contribution in [3.63, 3.8) is 0 Å². The quantitative estimate of drug-likeness (QED) is 0.846. The highest BCUT2D eigenvalue weighted by Gasteiger charge is 2.30. The number of nitrogens with zero attached hydrogens (tertiary/aromatic N) is 2. The van der Waals surface area contributed by atoms with E-state index < -0.39 is 0 Å². The van der Waals surface area contributed by atoms with Gasteiger partial charge in [-0.15, -0.1) is 0 Å². The van der Waals surface area contributed by atoms with Crippen molar-refractivity contribution in [2.45, 2.75) is 32.3 Å². The molecule has 1 aliphatic rings. The zero-order valence-electron chi connectivity index (χ0n) is 11.1. The highest BCUT2D eigenvalue weighted by Crippen LogP contribution is 2.32. The highest BCUT2D eigenvalue weighted by atomic mass is 16.5. The van der Waals surface area contributed by atoms with E-state index in [1.54, 1.807) is 0 Å². The van der Waals surface area contributed by atoms with Crippen molar-refractivity contribution in [2.75, 3.05) is 6.61 Å². The van der Waals surface area contributed by atoms with Gasteiger partial charge in [0.05, 0.1) is 0 Å². The minimum absolute atomic E-state index is 0.0158. The number of aryl methyl sites for hydroxylation is 2. The summed E-state index contributed by atoms with van der Waals surface area (Å²) in [4.78, 5) is 4.45. The van der Waals surface area contributed by atoms with E-state index >= 15 is 0 Å². The van der Waals surface area contributed by atoms with Gasteiger partial charge >= 0.3 is 0 Å². The number of aromatic nitrogens is 2.